The molecule has 0 spiro atoms. The highest BCUT2D eigenvalue weighted by Crippen LogP contribution is 2.24. The second kappa shape index (κ2) is 13.6. The number of unbranched alkanes of at least 4 members (excludes halogenated alkanes) is 11. The fourth-order valence-electron chi connectivity index (χ4n) is 2.82. The van der Waals surface area contributed by atoms with Gasteiger partial charge in [-0.05, 0) is 12.3 Å². The van der Waals surface area contributed by atoms with Gasteiger partial charge in [0.1, 0.15) is 0 Å². The molecule has 0 radical (unpaired) electrons. The minimum absolute atomic E-state index is 0.108. The van der Waals surface area contributed by atoms with Gasteiger partial charge in [-0.25, -0.2) is 0 Å². The van der Waals surface area contributed by atoms with Crippen molar-refractivity contribution in [1.29, 1.82) is 0 Å². The summed E-state index contributed by atoms with van der Waals surface area (Å²) >= 11 is 0. The van der Waals surface area contributed by atoms with Crippen LogP contribution >= 0.6 is 0 Å². The molecule has 21 heavy (non-hydrogen) atoms. The van der Waals surface area contributed by atoms with E-state index in [1.165, 1.54) is 70.6 Å². The van der Waals surface area contributed by atoms with Crippen LogP contribution in [0, 0.1) is 5.92 Å². The molecule has 0 aliphatic rings. The van der Waals surface area contributed by atoms with Crippen molar-refractivity contribution in [3.05, 3.63) is 0 Å². The summed E-state index contributed by atoms with van der Waals surface area (Å²) in [4.78, 5) is 0. The van der Waals surface area contributed by atoms with Crippen molar-refractivity contribution in [3.63, 3.8) is 0 Å². The highest BCUT2D eigenvalue weighted by molar-refractivity contribution is 4.80. The van der Waals surface area contributed by atoms with Crippen LogP contribution in [0.5, 0.6) is 0 Å². The quantitative estimate of drug-likeness (QED) is 0.394. The lowest BCUT2D eigenvalue weighted by Gasteiger charge is -2.30. The molecule has 0 fully saturated rings. The Hall–Kier alpha value is -0.0800. The van der Waals surface area contributed by atoms with Gasteiger partial charge >= 0.3 is 0 Å². The van der Waals surface area contributed by atoms with Gasteiger partial charge in [-0.15, -0.1) is 0 Å². The molecular formula is C19H40O2. The number of hydrogen-bond acceptors (Lipinski definition) is 2. The van der Waals surface area contributed by atoms with Gasteiger partial charge in [-0.2, -0.15) is 0 Å². The van der Waals surface area contributed by atoms with Crippen LogP contribution in [-0.4, -0.2) is 22.4 Å². The molecule has 1 unspecified atom stereocenters. The van der Waals surface area contributed by atoms with E-state index in [-0.39, 0.29) is 12.5 Å². The van der Waals surface area contributed by atoms with Gasteiger partial charge in [0, 0.05) is 0 Å². The summed E-state index contributed by atoms with van der Waals surface area (Å²) in [5, 5.41) is 19.5. The van der Waals surface area contributed by atoms with E-state index in [0.29, 0.717) is 0 Å². The Balaban J connectivity index is 3.29. The minimum atomic E-state index is -0.863. The minimum Gasteiger partial charge on any atom is -0.393 e. The predicted molar refractivity (Wildman–Crippen MR) is 92.6 cm³/mol. The number of rotatable bonds is 15. The Morgan fingerprint density at radius 2 is 1.10 bits per heavy atom. The fourth-order valence-corrected chi connectivity index (χ4v) is 2.82. The number of aliphatic hydroxyl groups excluding tert-OH is 1. The second-order valence-corrected chi connectivity index (χ2v) is 7.06. The van der Waals surface area contributed by atoms with E-state index in [2.05, 4.69) is 6.92 Å². The molecule has 0 aliphatic heterocycles. The van der Waals surface area contributed by atoms with Crippen molar-refractivity contribution in [1.82, 2.24) is 0 Å². The van der Waals surface area contributed by atoms with E-state index < -0.39 is 5.60 Å². The van der Waals surface area contributed by atoms with E-state index >= 15 is 0 Å². The molecule has 1 atom stereocenters. The lowest BCUT2D eigenvalue weighted by Crippen LogP contribution is -2.38. The van der Waals surface area contributed by atoms with Crippen LogP contribution in [0.3, 0.4) is 0 Å². The summed E-state index contributed by atoms with van der Waals surface area (Å²) < 4.78 is 0. The first-order chi connectivity index (χ1) is 10.1. The van der Waals surface area contributed by atoms with Gasteiger partial charge in [0.05, 0.1) is 12.2 Å². The van der Waals surface area contributed by atoms with Crippen LogP contribution < -0.4 is 0 Å². The van der Waals surface area contributed by atoms with Crippen LogP contribution in [-0.2, 0) is 0 Å². The van der Waals surface area contributed by atoms with E-state index in [4.69, 9.17) is 0 Å². The molecule has 0 aromatic heterocycles. The molecule has 128 valence electrons. The average molecular weight is 301 g/mol. The lowest BCUT2D eigenvalue weighted by atomic mass is 9.86. The average Bonchev–Trinajstić information content (AvgIpc) is 2.47. The van der Waals surface area contributed by atoms with Crippen molar-refractivity contribution in [2.45, 2.75) is 110 Å². The summed E-state index contributed by atoms with van der Waals surface area (Å²) in [5.41, 5.74) is -0.863. The van der Waals surface area contributed by atoms with Crippen molar-refractivity contribution in [3.8, 4) is 0 Å². The highest BCUT2D eigenvalue weighted by Gasteiger charge is 2.29. The zero-order chi connectivity index (χ0) is 16.0. The maximum absolute atomic E-state index is 10.2. The molecule has 0 saturated heterocycles. The van der Waals surface area contributed by atoms with Gasteiger partial charge in [0.25, 0.3) is 0 Å². The Morgan fingerprint density at radius 1 is 0.714 bits per heavy atom. The zero-order valence-corrected chi connectivity index (χ0v) is 14.9. The van der Waals surface area contributed by atoms with Gasteiger partial charge in [0.2, 0.25) is 0 Å². The predicted octanol–water partition coefficient (Wildman–Crippen LogP) is 5.46. The maximum atomic E-state index is 10.2. The Morgan fingerprint density at radius 3 is 1.43 bits per heavy atom. The molecule has 0 rings (SSSR count). The standard InChI is InChI=1S/C19H40O2/c1-4-5-6-7-8-9-10-11-12-13-14-15-16-19(21,17-20)18(2)3/h18,20-21H,4-17H2,1-3H3. The molecule has 0 saturated carbocycles. The monoisotopic (exact) mass is 300 g/mol. The molecule has 0 amide bonds. The normalized spacial score (nSPS) is 14.6. The molecule has 0 aliphatic carbocycles. The summed E-state index contributed by atoms with van der Waals surface area (Å²) in [6.45, 7) is 6.12. The van der Waals surface area contributed by atoms with Crippen LogP contribution in [0.25, 0.3) is 0 Å². The molecule has 0 aromatic carbocycles. The molecule has 0 aromatic rings. The van der Waals surface area contributed by atoms with Gasteiger partial charge in [-0.1, -0.05) is 97.8 Å². The number of aliphatic hydroxyl groups is 2. The van der Waals surface area contributed by atoms with Gasteiger partial charge in [0.15, 0.2) is 0 Å². The third-order valence-corrected chi connectivity index (χ3v) is 4.81. The van der Waals surface area contributed by atoms with E-state index in [1.807, 2.05) is 13.8 Å². The first kappa shape index (κ1) is 20.9. The molecule has 2 N–H and O–H groups in total. The summed E-state index contributed by atoms with van der Waals surface area (Å²) in [5.74, 6) is 0.134. The SMILES string of the molecule is CCCCCCCCCCCCCCC(O)(CO)C(C)C. The molecule has 0 heterocycles. The third kappa shape index (κ3) is 11.2. The lowest BCUT2D eigenvalue weighted by molar-refractivity contribution is -0.0588. The smallest absolute Gasteiger partial charge is 0.0900 e. The van der Waals surface area contributed by atoms with E-state index in [0.717, 1.165) is 12.8 Å². The first-order valence-corrected chi connectivity index (χ1v) is 9.40. The van der Waals surface area contributed by atoms with Crippen molar-refractivity contribution >= 4 is 0 Å². The zero-order valence-electron chi connectivity index (χ0n) is 14.9. The van der Waals surface area contributed by atoms with Crippen LogP contribution in [0.4, 0.5) is 0 Å². The summed E-state index contributed by atoms with van der Waals surface area (Å²) in [6.07, 6.45) is 16.7. The topological polar surface area (TPSA) is 40.5 Å². The van der Waals surface area contributed by atoms with Crippen molar-refractivity contribution < 1.29 is 10.2 Å². The third-order valence-electron chi connectivity index (χ3n) is 4.81. The number of hydrogen-bond donors (Lipinski definition) is 2. The fraction of sp³-hybridized carbons (Fsp3) is 1.00. The van der Waals surface area contributed by atoms with Crippen LogP contribution in [0.1, 0.15) is 104 Å². The summed E-state index contributed by atoms with van der Waals surface area (Å²) in [7, 11) is 0. The van der Waals surface area contributed by atoms with Crippen LogP contribution in [0.15, 0.2) is 0 Å². The molecule has 2 heteroatoms. The Labute approximate surface area is 133 Å². The van der Waals surface area contributed by atoms with Crippen molar-refractivity contribution in [2.24, 2.45) is 5.92 Å². The Kier molecular flexibility index (Phi) is 13.5. The molecule has 0 bridgehead atoms. The first-order valence-electron chi connectivity index (χ1n) is 9.40. The maximum Gasteiger partial charge on any atom is 0.0900 e. The Bertz CT molecular complexity index is 216. The van der Waals surface area contributed by atoms with Crippen molar-refractivity contribution in [2.75, 3.05) is 6.61 Å². The van der Waals surface area contributed by atoms with Crippen LogP contribution in [0.2, 0.25) is 0 Å². The molecule has 2 nitrogen and oxygen atoms in total. The summed E-state index contributed by atoms with van der Waals surface area (Å²) in [6, 6.07) is 0. The second-order valence-electron chi connectivity index (χ2n) is 7.06. The largest absolute Gasteiger partial charge is 0.393 e. The van der Waals surface area contributed by atoms with Gasteiger partial charge < -0.3 is 10.2 Å². The highest BCUT2D eigenvalue weighted by atomic mass is 16.3. The van der Waals surface area contributed by atoms with E-state index in [9.17, 15) is 10.2 Å². The molecular weight excluding hydrogens is 260 g/mol. The van der Waals surface area contributed by atoms with E-state index in [1.54, 1.807) is 0 Å². The van der Waals surface area contributed by atoms with Gasteiger partial charge in [-0.3, -0.25) is 0 Å².